The summed E-state index contributed by atoms with van der Waals surface area (Å²) in [7, 11) is 3.96. The monoisotopic (exact) mass is 273 g/mol. The molecule has 0 saturated heterocycles. The second-order valence-corrected chi connectivity index (χ2v) is 4.90. The number of nitrogens with two attached hydrogens (primary N) is 2. The van der Waals surface area contributed by atoms with Crippen LogP contribution in [0.2, 0.25) is 0 Å². The summed E-state index contributed by atoms with van der Waals surface area (Å²) in [6.07, 6.45) is 3.69. The van der Waals surface area contributed by atoms with Gasteiger partial charge >= 0.3 is 0 Å². The highest BCUT2D eigenvalue weighted by Crippen LogP contribution is 2.16. The fourth-order valence-corrected chi connectivity index (χ4v) is 2.03. The van der Waals surface area contributed by atoms with Crippen molar-refractivity contribution in [3.05, 3.63) is 47.5 Å². The lowest BCUT2D eigenvalue weighted by molar-refractivity contribution is 0.100. The van der Waals surface area contributed by atoms with Gasteiger partial charge in [0.2, 0.25) is 5.91 Å². The molecule has 1 heterocycles. The average Bonchev–Trinajstić information content (AvgIpc) is 2.77. The first kappa shape index (κ1) is 14.1. The quantitative estimate of drug-likeness (QED) is 0.786. The van der Waals surface area contributed by atoms with Crippen LogP contribution >= 0.6 is 0 Å². The molecule has 1 aromatic carbocycles. The molecule has 106 valence electrons. The zero-order valence-electron chi connectivity index (χ0n) is 11.7. The lowest BCUT2D eigenvalue weighted by Gasteiger charge is -2.17. The van der Waals surface area contributed by atoms with Crippen LogP contribution in [0.5, 0.6) is 0 Å². The predicted octanol–water partition coefficient (Wildman–Crippen LogP) is 0.733. The summed E-state index contributed by atoms with van der Waals surface area (Å²) in [5, 5.41) is 0. The van der Waals surface area contributed by atoms with Crippen molar-refractivity contribution in [3.8, 4) is 0 Å². The third kappa shape index (κ3) is 3.16. The number of benzene rings is 1. The maximum Gasteiger partial charge on any atom is 0.248 e. The maximum atomic E-state index is 11.1. The summed E-state index contributed by atoms with van der Waals surface area (Å²) in [6.45, 7) is 1.40. The number of rotatable bonds is 5. The summed E-state index contributed by atoms with van der Waals surface area (Å²) in [5.74, 6) is 0.518. The summed E-state index contributed by atoms with van der Waals surface area (Å²) in [4.78, 5) is 17.5. The van der Waals surface area contributed by atoms with Crippen molar-refractivity contribution in [2.45, 2.75) is 13.1 Å². The Morgan fingerprint density at radius 3 is 2.70 bits per heavy atom. The van der Waals surface area contributed by atoms with Gasteiger partial charge in [-0.15, -0.1) is 0 Å². The van der Waals surface area contributed by atoms with E-state index >= 15 is 0 Å². The minimum atomic E-state index is -0.468. The largest absolute Gasteiger partial charge is 0.398 e. The minimum absolute atomic E-state index is 0.429. The van der Waals surface area contributed by atoms with E-state index in [1.165, 1.54) is 0 Å². The molecule has 4 N–H and O–H groups in total. The van der Waals surface area contributed by atoms with Crippen molar-refractivity contribution in [1.29, 1.82) is 0 Å². The number of hydrogen-bond donors (Lipinski definition) is 2. The molecule has 6 heteroatoms. The molecule has 0 aliphatic rings. The zero-order chi connectivity index (χ0) is 14.7. The lowest BCUT2D eigenvalue weighted by Crippen LogP contribution is -2.20. The summed E-state index contributed by atoms with van der Waals surface area (Å²) >= 11 is 0. The number of imidazole rings is 1. The van der Waals surface area contributed by atoms with Crippen molar-refractivity contribution in [2.24, 2.45) is 12.8 Å². The Morgan fingerprint density at radius 1 is 1.40 bits per heavy atom. The maximum absolute atomic E-state index is 11.1. The van der Waals surface area contributed by atoms with Crippen molar-refractivity contribution < 1.29 is 4.79 Å². The predicted molar refractivity (Wildman–Crippen MR) is 77.8 cm³/mol. The van der Waals surface area contributed by atoms with Crippen LogP contribution in [0, 0.1) is 0 Å². The normalized spacial score (nSPS) is 10.9. The van der Waals surface area contributed by atoms with E-state index in [-0.39, 0.29) is 0 Å². The fraction of sp³-hybridized carbons (Fsp3) is 0.286. The highest BCUT2D eigenvalue weighted by molar-refractivity contribution is 5.93. The van der Waals surface area contributed by atoms with Gasteiger partial charge in [0, 0.05) is 37.2 Å². The van der Waals surface area contributed by atoms with E-state index in [1.807, 2.05) is 30.9 Å². The molecule has 0 saturated carbocycles. The van der Waals surface area contributed by atoms with Crippen LogP contribution in [0.25, 0.3) is 0 Å². The molecule has 6 nitrogen and oxygen atoms in total. The van der Waals surface area contributed by atoms with Crippen molar-refractivity contribution in [2.75, 3.05) is 12.8 Å². The number of primary amides is 1. The van der Waals surface area contributed by atoms with Crippen molar-refractivity contribution in [3.63, 3.8) is 0 Å². The van der Waals surface area contributed by atoms with Gasteiger partial charge in [-0.2, -0.15) is 0 Å². The zero-order valence-corrected chi connectivity index (χ0v) is 11.7. The van der Waals surface area contributed by atoms with E-state index in [9.17, 15) is 4.79 Å². The Balaban J connectivity index is 2.06. The number of carbonyl (C=O) groups excluding carboxylic acids is 1. The summed E-state index contributed by atoms with van der Waals surface area (Å²) in [5.41, 5.74) is 13.2. The van der Waals surface area contributed by atoms with Gasteiger partial charge in [-0.3, -0.25) is 9.69 Å². The molecule has 0 bridgehead atoms. The first-order chi connectivity index (χ1) is 9.47. The molecule has 0 spiro atoms. The van der Waals surface area contributed by atoms with Crippen LogP contribution in [0.15, 0.2) is 30.6 Å². The Kier molecular flexibility index (Phi) is 4.05. The molecule has 2 aromatic rings. The Bertz CT molecular complexity index is 620. The fourth-order valence-electron chi connectivity index (χ4n) is 2.03. The van der Waals surface area contributed by atoms with Crippen LogP contribution in [0.3, 0.4) is 0 Å². The van der Waals surface area contributed by atoms with E-state index in [1.54, 1.807) is 18.3 Å². The summed E-state index contributed by atoms with van der Waals surface area (Å²) < 4.78 is 1.98. The van der Waals surface area contributed by atoms with Crippen LogP contribution in [-0.4, -0.2) is 27.4 Å². The van der Waals surface area contributed by atoms with Gasteiger partial charge in [0.05, 0.1) is 6.54 Å². The van der Waals surface area contributed by atoms with E-state index < -0.39 is 5.91 Å². The SMILES string of the molecule is CN(Cc1ccc(C(N)=O)cc1N)Cc1nccn1C. The van der Waals surface area contributed by atoms with E-state index in [0.717, 1.165) is 17.9 Å². The van der Waals surface area contributed by atoms with Crippen LogP contribution in [0.1, 0.15) is 21.7 Å². The summed E-state index contributed by atoms with van der Waals surface area (Å²) in [6, 6.07) is 5.15. The van der Waals surface area contributed by atoms with Crippen molar-refractivity contribution >= 4 is 11.6 Å². The van der Waals surface area contributed by atoms with Gasteiger partial charge in [0.1, 0.15) is 5.82 Å². The van der Waals surface area contributed by atoms with E-state index in [4.69, 9.17) is 11.5 Å². The third-order valence-corrected chi connectivity index (χ3v) is 3.20. The average molecular weight is 273 g/mol. The lowest BCUT2D eigenvalue weighted by atomic mass is 10.1. The molecule has 1 aromatic heterocycles. The van der Waals surface area contributed by atoms with Gasteiger partial charge in [-0.05, 0) is 24.7 Å². The van der Waals surface area contributed by atoms with Gasteiger partial charge < -0.3 is 16.0 Å². The molecule has 2 rings (SSSR count). The Labute approximate surface area is 118 Å². The molecule has 0 aliphatic heterocycles. The number of amides is 1. The molecule has 0 aliphatic carbocycles. The highest BCUT2D eigenvalue weighted by Gasteiger charge is 2.09. The number of nitrogen functional groups attached to an aromatic ring is 1. The molecular formula is C14H19N5O. The number of hydrogen-bond acceptors (Lipinski definition) is 4. The van der Waals surface area contributed by atoms with E-state index in [0.29, 0.717) is 17.8 Å². The molecular weight excluding hydrogens is 254 g/mol. The molecule has 0 fully saturated rings. The smallest absolute Gasteiger partial charge is 0.248 e. The van der Waals surface area contributed by atoms with Crippen molar-refractivity contribution in [1.82, 2.24) is 14.5 Å². The van der Waals surface area contributed by atoms with Crippen LogP contribution in [0.4, 0.5) is 5.69 Å². The van der Waals surface area contributed by atoms with Crippen LogP contribution in [-0.2, 0) is 20.1 Å². The molecule has 0 unspecified atom stereocenters. The molecule has 20 heavy (non-hydrogen) atoms. The number of aryl methyl sites for hydroxylation is 1. The highest BCUT2D eigenvalue weighted by atomic mass is 16.1. The topological polar surface area (TPSA) is 90.2 Å². The standard InChI is InChI=1S/C14H19N5O/c1-18(9-13-17-5-6-19(13)2)8-11-4-3-10(14(16)20)7-12(11)15/h3-7H,8-9,15H2,1-2H3,(H2,16,20). The second kappa shape index (κ2) is 5.75. The Hall–Kier alpha value is -2.34. The third-order valence-electron chi connectivity index (χ3n) is 3.20. The van der Waals surface area contributed by atoms with Gasteiger partial charge in [0.15, 0.2) is 0 Å². The number of carbonyl (C=O) groups is 1. The minimum Gasteiger partial charge on any atom is -0.398 e. The Morgan fingerprint density at radius 2 is 2.15 bits per heavy atom. The molecule has 0 atom stereocenters. The van der Waals surface area contributed by atoms with Gasteiger partial charge in [-0.1, -0.05) is 6.07 Å². The van der Waals surface area contributed by atoms with E-state index in [2.05, 4.69) is 9.88 Å². The number of aromatic nitrogens is 2. The number of nitrogens with zero attached hydrogens (tertiary/aromatic N) is 3. The first-order valence-corrected chi connectivity index (χ1v) is 6.30. The number of anilines is 1. The first-order valence-electron chi connectivity index (χ1n) is 6.30. The van der Waals surface area contributed by atoms with Gasteiger partial charge in [0.25, 0.3) is 0 Å². The van der Waals surface area contributed by atoms with Crippen LogP contribution < -0.4 is 11.5 Å². The molecule has 1 amide bonds. The van der Waals surface area contributed by atoms with Gasteiger partial charge in [-0.25, -0.2) is 4.98 Å². The molecule has 0 radical (unpaired) electrons. The second-order valence-electron chi connectivity index (χ2n) is 4.90.